The van der Waals surface area contributed by atoms with Gasteiger partial charge in [0.15, 0.2) is 0 Å². The number of nitrogens with two attached hydrogens (primary N) is 1. The van der Waals surface area contributed by atoms with Gasteiger partial charge in [0.25, 0.3) is 5.91 Å². The summed E-state index contributed by atoms with van der Waals surface area (Å²) in [5.41, 5.74) is 5.75. The normalized spacial score (nSPS) is 11.5. The van der Waals surface area contributed by atoms with Crippen molar-refractivity contribution in [2.45, 2.75) is 13.0 Å². The second-order valence-electron chi connectivity index (χ2n) is 3.12. The minimum absolute atomic E-state index is 0.403. The Labute approximate surface area is 89.0 Å². The van der Waals surface area contributed by atoms with Crippen LogP contribution in [0.25, 0.3) is 0 Å². The fourth-order valence-electron chi connectivity index (χ4n) is 1.41. The minimum Gasteiger partial charge on any atom is -0.377 e. The number of nitrogens with zero attached hydrogens (tertiary/aromatic N) is 2. The van der Waals surface area contributed by atoms with Gasteiger partial charge >= 0.3 is 0 Å². The first-order valence-electron chi connectivity index (χ1n) is 4.77. The van der Waals surface area contributed by atoms with Crippen LogP contribution < -0.4 is 11.1 Å². The van der Waals surface area contributed by atoms with Gasteiger partial charge in [0.2, 0.25) is 0 Å². The maximum absolute atomic E-state index is 11.0. The molecule has 0 saturated carbocycles. The summed E-state index contributed by atoms with van der Waals surface area (Å²) < 4.78 is 1.82. The molecule has 0 atom stereocenters. The second kappa shape index (κ2) is 5.19. The topological polar surface area (TPSA) is 72.4 Å². The lowest BCUT2D eigenvalue weighted by Crippen LogP contribution is -2.22. The average Bonchev–Trinajstić information content (AvgIpc) is 2.67. The van der Waals surface area contributed by atoms with Gasteiger partial charge in [-0.2, -0.15) is 0 Å². The van der Waals surface area contributed by atoms with Crippen LogP contribution in [0.1, 0.15) is 16.9 Å². The fourth-order valence-corrected chi connectivity index (χ4v) is 1.41. The number of aromatic nitrogens is 1. The average molecular weight is 208 g/mol. The number of aliphatic imine (C=N–C) groups is 1. The van der Waals surface area contributed by atoms with Gasteiger partial charge < -0.3 is 15.6 Å². The molecule has 15 heavy (non-hydrogen) atoms. The van der Waals surface area contributed by atoms with Crippen LogP contribution in [0.4, 0.5) is 0 Å². The number of rotatable bonds is 4. The van der Waals surface area contributed by atoms with Crippen LogP contribution in [-0.4, -0.2) is 30.4 Å². The van der Waals surface area contributed by atoms with E-state index in [4.69, 9.17) is 5.73 Å². The highest BCUT2D eigenvalue weighted by Crippen LogP contribution is 2.02. The van der Waals surface area contributed by atoms with Crippen molar-refractivity contribution in [3.05, 3.63) is 24.0 Å². The summed E-state index contributed by atoms with van der Waals surface area (Å²) in [6.45, 7) is 0.693. The van der Waals surface area contributed by atoms with Crippen molar-refractivity contribution in [1.29, 1.82) is 0 Å². The van der Waals surface area contributed by atoms with Crippen molar-refractivity contribution >= 4 is 11.7 Å². The lowest BCUT2D eigenvalue weighted by atomic mass is 10.3. The lowest BCUT2D eigenvalue weighted by Gasteiger charge is -2.08. The van der Waals surface area contributed by atoms with Crippen LogP contribution >= 0.6 is 0 Å². The first-order chi connectivity index (χ1) is 7.19. The van der Waals surface area contributed by atoms with E-state index in [1.165, 1.54) is 0 Å². The van der Waals surface area contributed by atoms with Gasteiger partial charge in [-0.25, -0.2) is 0 Å². The zero-order chi connectivity index (χ0) is 11.3. The SMILES string of the molecule is CN=C(CCn1cccc1C(N)=O)NC. The number of hydrogen-bond acceptors (Lipinski definition) is 2. The highest BCUT2D eigenvalue weighted by Gasteiger charge is 2.06. The standard InChI is InChI=1S/C10H16N4O/c1-12-9(13-2)5-7-14-6-3-4-8(14)10(11)15/h3-4,6H,5,7H2,1-2H3,(H2,11,15)(H,12,13). The third kappa shape index (κ3) is 2.83. The maximum atomic E-state index is 11.0. The maximum Gasteiger partial charge on any atom is 0.265 e. The molecule has 0 unspecified atom stereocenters. The summed E-state index contributed by atoms with van der Waals surface area (Å²) in [6.07, 6.45) is 2.59. The van der Waals surface area contributed by atoms with E-state index in [0.717, 1.165) is 12.3 Å². The molecule has 0 aliphatic rings. The van der Waals surface area contributed by atoms with E-state index in [0.29, 0.717) is 12.2 Å². The highest BCUT2D eigenvalue weighted by molar-refractivity contribution is 5.91. The van der Waals surface area contributed by atoms with Crippen LogP contribution in [-0.2, 0) is 6.54 Å². The monoisotopic (exact) mass is 208 g/mol. The van der Waals surface area contributed by atoms with E-state index < -0.39 is 5.91 Å². The van der Waals surface area contributed by atoms with E-state index in [9.17, 15) is 4.79 Å². The molecule has 0 bridgehead atoms. The number of aryl methyl sites for hydroxylation is 1. The summed E-state index contributed by atoms with van der Waals surface area (Å²) in [6, 6.07) is 3.52. The summed E-state index contributed by atoms with van der Waals surface area (Å²) in [4.78, 5) is 15.1. The molecule has 0 aliphatic heterocycles. The molecule has 3 N–H and O–H groups in total. The quantitative estimate of drug-likeness (QED) is 0.549. The summed E-state index contributed by atoms with van der Waals surface area (Å²) in [5, 5.41) is 2.98. The summed E-state index contributed by atoms with van der Waals surface area (Å²) >= 11 is 0. The third-order valence-electron chi connectivity index (χ3n) is 2.23. The van der Waals surface area contributed by atoms with E-state index in [1.807, 2.05) is 23.9 Å². The number of nitrogens with one attached hydrogen (secondary N) is 1. The molecule has 82 valence electrons. The second-order valence-corrected chi connectivity index (χ2v) is 3.12. The molecule has 1 rings (SSSR count). The zero-order valence-corrected chi connectivity index (χ0v) is 9.03. The van der Waals surface area contributed by atoms with Crippen molar-refractivity contribution in [3.8, 4) is 0 Å². The van der Waals surface area contributed by atoms with Gasteiger partial charge in [0.1, 0.15) is 5.69 Å². The first kappa shape index (κ1) is 11.3. The molecule has 0 spiro atoms. The van der Waals surface area contributed by atoms with Gasteiger partial charge in [-0.3, -0.25) is 9.79 Å². The number of amidine groups is 1. The van der Waals surface area contributed by atoms with Crippen LogP contribution in [0.3, 0.4) is 0 Å². The van der Waals surface area contributed by atoms with Crippen LogP contribution in [0.5, 0.6) is 0 Å². The molecule has 1 aromatic rings. The molecule has 1 aromatic heterocycles. The van der Waals surface area contributed by atoms with E-state index in [1.54, 1.807) is 13.1 Å². The highest BCUT2D eigenvalue weighted by atomic mass is 16.1. The Morgan fingerprint density at radius 1 is 1.67 bits per heavy atom. The van der Waals surface area contributed by atoms with E-state index in [2.05, 4.69) is 10.3 Å². The molecule has 5 nitrogen and oxygen atoms in total. The number of primary amides is 1. The number of amides is 1. The first-order valence-corrected chi connectivity index (χ1v) is 4.77. The summed E-state index contributed by atoms with van der Waals surface area (Å²) in [5.74, 6) is 0.499. The Hall–Kier alpha value is -1.78. The molecule has 0 fully saturated rings. The van der Waals surface area contributed by atoms with Crippen LogP contribution in [0, 0.1) is 0 Å². The molecule has 0 saturated heterocycles. The van der Waals surface area contributed by atoms with E-state index in [-0.39, 0.29) is 0 Å². The molecular weight excluding hydrogens is 192 g/mol. The smallest absolute Gasteiger partial charge is 0.265 e. The molecule has 1 heterocycles. The Morgan fingerprint density at radius 3 is 2.93 bits per heavy atom. The lowest BCUT2D eigenvalue weighted by molar-refractivity contribution is 0.0991. The van der Waals surface area contributed by atoms with Gasteiger partial charge in [0.05, 0.1) is 5.84 Å². The molecule has 0 aromatic carbocycles. The van der Waals surface area contributed by atoms with Crippen molar-refractivity contribution in [2.75, 3.05) is 14.1 Å². The number of carbonyl (C=O) groups excluding carboxylic acids is 1. The Bertz CT molecular complexity index is 367. The number of carbonyl (C=O) groups is 1. The molecular formula is C10H16N4O. The van der Waals surface area contributed by atoms with Crippen molar-refractivity contribution < 1.29 is 4.79 Å². The molecule has 1 amide bonds. The number of hydrogen-bond donors (Lipinski definition) is 2. The van der Waals surface area contributed by atoms with Crippen LogP contribution in [0.15, 0.2) is 23.3 Å². The zero-order valence-electron chi connectivity index (χ0n) is 9.03. The van der Waals surface area contributed by atoms with Gasteiger partial charge in [-0.05, 0) is 12.1 Å². The van der Waals surface area contributed by atoms with Crippen LogP contribution in [0.2, 0.25) is 0 Å². The van der Waals surface area contributed by atoms with Crippen molar-refractivity contribution in [2.24, 2.45) is 10.7 Å². The summed E-state index contributed by atoms with van der Waals surface area (Å²) in [7, 11) is 3.56. The van der Waals surface area contributed by atoms with Crippen molar-refractivity contribution in [1.82, 2.24) is 9.88 Å². The largest absolute Gasteiger partial charge is 0.377 e. The Kier molecular flexibility index (Phi) is 3.91. The molecule has 0 aliphatic carbocycles. The van der Waals surface area contributed by atoms with Gasteiger partial charge in [-0.1, -0.05) is 0 Å². The van der Waals surface area contributed by atoms with Crippen molar-refractivity contribution in [3.63, 3.8) is 0 Å². The third-order valence-corrected chi connectivity index (χ3v) is 2.23. The molecule has 0 radical (unpaired) electrons. The van der Waals surface area contributed by atoms with Gasteiger partial charge in [-0.15, -0.1) is 0 Å². The molecule has 5 heteroatoms. The predicted octanol–water partition coefficient (Wildman–Crippen LogP) is 0.225. The van der Waals surface area contributed by atoms with Gasteiger partial charge in [0, 0.05) is 33.3 Å². The predicted molar refractivity (Wildman–Crippen MR) is 60.0 cm³/mol. The Morgan fingerprint density at radius 2 is 2.40 bits per heavy atom. The minimum atomic E-state index is -0.403. The fraction of sp³-hybridized carbons (Fsp3) is 0.400. The Balaban J connectivity index is 2.65. The van der Waals surface area contributed by atoms with E-state index >= 15 is 0 Å².